The fourth-order valence-corrected chi connectivity index (χ4v) is 2.07. The highest BCUT2D eigenvalue weighted by Gasteiger charge is 2.23. The summed E-state index contributed by atoms with van der Waals surface area (Å²) in [7, 11) is 1.69. The Hall–Kier alpha value is -2.17. The third-order valence-corrected chi connectivity index (χ3v) is 2.91. The fourth-order valence-electron chi connectivity index (χ4n) is 2.07. The van der Waals surface area contributed by atoms with Crippen LogP contribution in [0.15, 0.2) is 30.7 Å². The lowest BCUT2D eigenvalue weighted by atomic mass is 10.1. The van der Waals surface area contributed by atoms with Crippen LogP contribution in [0.25, 0.3) is 5.69 Å². The minimum atomic E-state index is -0.408. The van der Waals surface area contributed by atoms with Crippen molar-refractivity contribution < 1.29 is 9.18 Å². The Morgan fingerprint density at radius 2 is 2.24 bits per heavy atom. The number of fused-ring (bicyclic) bond motifs is 3. The molecule has 1 amide bonds. The largest absolute Gasteiger partial charge is 0.336 e. The van der Waals surface area contributed by atoms with Crippen LogP contribution in [-0.4, -0.2) is 27.4 Å². The summed E-state index contributed by atoms with van der Waals surface area (Å²) >= 11 is 0. The predicted octanol–water partition coefficient (Wildman–Crippen LogP) is 1.60. The molecular weight excluding hydrogens is 221 g/mol. The van der Waals surface area contributed by atoms with Crippen molar-refractivity contribution in [1.29, 1.82) is 0 Å². The van der Waals surface area contributed by atoms with Crippen molar-refractivity contribution in [3.8, 4) is 5.69 Å². The highest BCUT2D eigenvalue weighted by Crippen LogP contribution is 2.23. The van der Waals surface area contributed by atoms with E-state index in [1.54, 1.807) is 30.5 Å². The van der Waals surface area contributed by atoms with Crippen molar-refractivity contribution in [2.75, 3.05) is 7.05 Å². The van der Waals surface area contributed by atoms with E-state index in [-0.39, 0.29) is 5.91 Å². The zero-order valence-corrected chi connectivity index (χ0v) is 9.22. The van der Waals surface area contributed by atoms with E-state index in [1.165, 1.54) is 12.1 Å². The van der Waals surface area contributed by atoms with E-state index in [9.17, 15) is 9.18 Å². The molecule has 0 saturated carbocycles. The normalized spacial score (nSPS) is 14.2. The Bertz CT molecular complexity index is 606. The molecule has 0 aliphatic carbocycles. The van der Waals surface area contributed by atoms with Crippen LogP contribution in [0.1, 0.15) is 16.1 Å². The van der Waals surface area contributed by atoms with E-state index < -0.39 is 5.82 Å². The van der Waals surface area contributed by atoms with Gasteiger partial charge in [-0.05, 0) is 18.2 Å². The summed E-state index contributed by atoms with van der Waals surface area (Å²) in [6.07, 6.45) is 3.35. The van der Waals surface area contributed by atoms with E-state index >= 15 is 0 Å². The van der Waals surface area contributed by atoms with Gasteiger partial charge in [0.1, 0.15) is 5.82 Å². The molecule has 0 unspecified atom stereocenters. The summed E-state index contributed by atoms with van der Waals surface area (Å²) in [4.78, 5) is 17.7. The molecule has 2 aromatic rings. The molecule has 0 saturated heterocycles. The first-order chi connectivity index (χ1) is 8.16. The zero-order chi connectivity index (χ0) is 12.0. The Kier molecular flexibility index (Phi) is 2.01. The molecule has 2 heterocycles. The number of halogens is 1. The molecule has 3 rings (SSSR count). The average Bonchev–Trinajstić information content (AvgIpc) is 2.72. The lowest BCUT2D eigenvalue weighted by molar-refractivity contribution is 0.0787. The highest BCUT2D eigenvalue weighted by atomic mass is 19.1. The maximum atomic E-state index is 13.2. The van der Waals surface area contributed by atoms with Crippen LogP contribution >= 0.6 is 0 Å². The van der Waals surface area contributed by atoms with Crippen molar-refractivity contribution >= 4 is 5.91 Å². The Morgan fingerprint density at radius 3 is 3.06 bits per heavy atom. The summed E-state index contributed by atoms with van der Waals surface area (Å²) < 4.78 is 15.0. The molecule has 86 valence electrons. The van der Waals surface area contributed by atoms with Crippen LogP contribution in [0.5, 0.6) is 0 Å². The van der Waals surface area contributed by atoms with E-state index in [4.69, 9.17) is 0 Å². The molecule has 17 heavy (non-hydrogen) atoms. The molecule has 5 heteroatoms. The van der Waals surface area contributed by atoms with Crippen LogP contribution < -0.4 is 0 Å². The number of rotatable bonds is 0. The van der Waals surface area contributed by atoms with Gasteiger partial charge in [-0.1, -0.05) is 0 Å². The minimum Gasteiger partial charge on any atom is -0.336 e. The summed E-state index contributed by atoms with van der Waals surface area (Å²) in [6, 6.07) is 4.22. The number of amides is 1. The molecule has 4 nitrogen and oxygen atoms in total. The molecule has 1 aliphatic heterocycles. The summed E-state index contributed by atoms with van der Waals surface area (Å²) in [5.74, 6) is -0.586. The molecule has 0 radical (unpaired) electrons. The second-order valence-corrected chi connectivity index (χ2v) is 4.08. The molecule has 1 aromatic carbocycles. The molecule has 1 aromatic heterocycles. The molecule has 0 bridgehead atoms. The molecular formula is C12H10FN3O. The van der Waals surface area contributed by atoms with Crippen molar-refractivity contribution in [3.05, 3.63) is 47.8 Å². The quantitative estimate of drug-likeness (QED) is 0.690. The highest BCUT2D eigenvalue weighted by molar-refractivity contribution is 5.98. The number of hydrogen-bond acceptors (Lipinski definition) is 2. The number of carbonyl (C=O) groups excluding carboxylic acids is 1. The van der Waals surface area contributed by atoms with Crippen molar-refractivity contribution in [1.82, 2.24) is 14.5 Å². The average molecular weight is 231 g/mol. The molecule has 0 fully saturated rings. The van der Waals surface area contributed by atoms with Crippen LogP contribution in [0.4, 0.5) is 4.39 Å². The maximum absolute atomic E-state index is 13.2. The molecule has 0 N–H and O–H groups in total. The van der Waals surface area contributed by atoms with Gasteiger partial charge in [0, 0.05) is 7.05 Å². The van der Waals surface area contributed by atoms with E-state index in [2.05, 4.69) is 4.98 Å². The number of aromatic nitrogens is 2. The Labute approximate surface area is 97.3 Å². The first kappa shape index (κ1) is 10.0. The van der Waals surface area contributed by atoms with Crippen LogP contribution in [0.3, 0.4) is 0 Å². The van der Waals surface area contributed by atoms with E-state index in [0.717, 1.165) is 5.69 Å². The third-order valence-electron chi connectivity index (χ3n) is 2.91. The van der Waals surface area contributed by atoms with Gasteiger partial charge in [0.15, 0.2) is 0 Å². The standard InChI is InChI=1S/C12H10FN3O/c1-15-6-9-5-14-7-16(9)11-3-2-8(13)4-10(11)12(15)17/h2-5,7H,6H2,1H3. The first-order valence-electron chi connectivity index (χ1n) is 5.23. The predicted molar refractivity (Wildman–Crippen MR) is 59.3 cm³/mol. The minimum absolute atomic E-state index is 0.178. The molecule has 0 spiro atoms. The second kappa shape index (κ2) is 3.41. The van der Waals surface area contributed by atoms with Gasteiger partial charge in [0.05, 0.1) is 36.0 Å². The lowest BCUT2D eigenvalue weighted by Gasteiger charge is -2.13. The maximum Gasteiger partial charge on any atom is 0.256 e. The summed E-state index contributed by atoms with van der Waals surface area (Å²) in [5.41, 5.74) is 1.95. The summed E-state index contributed by atoms with van der Waals surface area (Å²) in [6.45, 7) is 0.467. The number of hydrogen-bond donors (Lipinski definition) is 0. The monoisotopic (exact) mass is 231 g/mol. The van der Waals surface area contributed by atoms with Gasteiger partial charge in [-0.15, -0.1) is 0 Å². The van der Waals surface area contributed by atoms with Gasteiger partial charge in [-0.3, -0.25) is 4.79 Å². The van der Waals surface area contributed by atoms with Gasteiger partial charge in [-0.25, -0.2) is 9.37 Å². The van der Waals surface area contributed by atoms with Crippen molar-refractivity contribution in [3.63, 3.8) is 0 Å². The van der Waals surface area contributed by atoms with Gasteiger partial charge in [0.25, 0.3) is 5.91 Å². The van der Waals surface area contributed by atoms with Gasteiger partial charge >= 0.3 is 0 Å². The SMILES string of the molecule is CN1Cc2cncn2-c2ccc(F)cc2C1=O. The van der Waals surface area contributed by atoms with Crippen molar-refractivity contribution in [2.24, 2.45) is 0 Å². The van der Waals surface area contributed by atoms with Crippen molar-refractivity contribution in [2.45, 2.75) is 6.54 Å². The zero-order valence-electron chi connectivity index (χ0n) is 9.22. The topological polar surface area (TPSA) is 38.1 Å². The molecule has 1 aliphatic rings. The molecule has 0 atom stereocenters. The number of nitrogens with zero attached hydrogens (tertiary/aromatic N) is 3. The smallest absolute Gasteiger partial charge is 0.256 e. The third kappa shape index (κ3) is 1.43. The number of imidazole rings is 1. The van der Waals surface area contributed by atoms with Gasteiger partial charge in [0.2, 0.25) is 0 Å². The van der Waals surface area contributed by atoms with Crippen LogP contribution in [-0.2, 0) is 6.54 Å². The second-order valence-electron chi connectivity index (χ2n) is 4.08. The first-order valence-corrected chi connectivity index (χ1v) is 5.23. The van der Waals surface area contributed by atoms with Crippen LogP contribution in [0, 0.1) is 5.82 Å². The van der Waals surface area contributed by atoms with E-state index in [1.807, 2.05) is 4.57 Å². The van der Waals surface area contributed by atoms with Crippen LogP contribution in [0.2, 0.25) is 0 Å². The van der Waals surface area contributed by atoms with Gasteiger partial charge in [-0.2, -0.15) is 0 Å². The van der Waals surface area contributed by atoms with E-state index in [0.29, 0.717) is 17.8 Å². The Morgan fingerprint density at radius 1 is 1.41 bits per heavy atom. The lowest BCUT2D eigenvalue weighted by Crippen LogP contribution is -2.24. The summed E-state index contributed by atoms with van der Waals surface area (Å²) in [5, 5.41) is 0. The van der Waals surface area contributed by atoms with Gasteiger partial charge < -0.3 is 9.47 Å². The number of benzene rings is 1. The Balaban J connectivity index is 2.32. The number of carbonyl (C=O) groups is 1. The fraction of sp³-hybridized carbons (Fsp3) is 0.167.